The van der Waals surface area contributed by atoms with Crippen LogP contribution in [0.15, 0.2) is 17.6 Å². The largest absolute Gasteiger partial charge is 0.480 e. The Bertz CT molecular complexity index is 687. The molecule has 2 heterocycles. The highest BCUT2D eigenvalue weighted by Gasteiger charge is 2.37. The molecule has 1 amide bonds. The van der Waals surface area contributed by atoms with Gasteiger partial charge in [-0.1, -0.05) is 0 Å². The second-order valence-electron chi connectivity index (χ2n) is 5.18. The zero-order valence-corrected chi connectivity index (χ0v) is 12.2. The minimum atomic E-state index is -0.979. The van der Waals surface area contributed by atoms with E-state index in [1.165, 1.54) is 0 Å². The Labute approximate surface area is 125 Å². The van der Waals surface area contributed by atoms with Crippen molar-refractivity contribution in [3.8, 4) is 11.3 Å². The monoisotopic (exact) mass is 305 g/mol. The maximum absolute atomic E-state index is 12.1. The van der Waals surface area contributed by atoms with E-state index in [0.29, 0.717) is 5.69 Å². The van der Waals surface area contributed by atoms with E-state index in [0.717, 1.165) is 29.1 Å². The zero-order chi connectivity index (χ0) is 15.0. The molecule has 0 radical (unpaired) electrons. The fourth-order valence-corrected chi connectivity index (χ4v) is 2.82. The minimum absolute atomic E-state index is 0.0575. The lowest BCUT2D eigenvalue weighted by Crippen LogP contribution is -2.42. The van der Waals surface area contributed by atoms with Crippen LogP contribution < -0.4 is 5.32 Å². The van der Waals surface area contributed by atoms with Crippen molar-refractivity contribution in [1.29, 1.82) is 0 Å². The van der Waals surface area contributed by atoms with Gasteiger partial charge in [-0.25, -0.2) is 9.78 Å². The van der Waals surface area contributed by atoms with Crippen LogP contribution in [-0.2, 0) is 4.79 Å². The van der Waals surface area contributed by atoms with E-state index in [-0.39, 0.29) is 5.92 Å². The average Bonchev–Trinajstić information content (AvgIpc) is 2.98. The normalized spacial score (nSPS) is 15.7. The molecule has 2 aromatic heterocycles. The first kappa shape index (κ1) is 13.8. The molecule has 21 heavy (non-hydrogen) atoms. The number of carbonyl (C=O) groups is 2. The molecule has 1 unspecified atom stereocenters. The lowest BCUT2D eigenvalue weighted by molar-refractivity contribution is -0.139. The van der Waals surface area contributed by atoms with Crippen molar-refractivity contribution in [3.05, 3.63) is 28.3 Å². The predicted octanol–water partition coefficient (Wildman–Crippen LogP) is 2.04. The number of hydrogen-bond donors (Lipinski definition) is 3. The Morgan fingerprint density at radius 2 is 2.29 bits per heavy atom. The second-order valence-corrected chi connectivity index (χ2v) is 6.24. The molecule has 1 aliphatic carbocycles. The number of carboxylic acid groups (broad SMARTS) is 1. The summed E-state index contributed by atoms with van der Waals surface area (Å²) in [6.45, 7) is 1.92. The Morgan fingerprint density at radius 3 is 2.86 bits per heavy atom. The number of aromatic amines is 1. The number of amides is 1. The van der Waals surface area contributed by atoms with Crippen LogP contribution in [-0.4, -0.2) is 33.0 Å². The Hall–Kier alpha value is -2.15. The van der Waals surface area contributed by atoms with E-state index >= 15 is 0 Å². The number of H-pyrrole nitrogens is 1. The lowest BCUT2D eigenvalue weighted by atomic mass is 10.2. The van der Waals surface area contributed by atoms with E-state index < -0.39 is 17.9 Å². The Balaban J connectivity index is 1.73. The first-order chi connectivity index (χ1) is 10.0. The van der Waals surface area contributed by atoms with Crippen molar-refractivity contribution in [2.24, 2.45) is 5.92 Å². The predicted molar refractivity (Wildman–Crippen MR) is 78.3 cm³/mol. The van der Waals surface area contributed by atoms with Crippen LogP contribution in [0.1, 0.15) is 28.3 Å². The third kappa shape index (κ3) is 2.97. The van der Waals surface area contributed by atoms with Crippen molar-refractivity contribution < 1.29 is 14.7 Å². The smallest absolute Gasteiger partial charge is 0.326 e. The fourth-order valence-electron chi connectivity index (χ4n) is 2.20. The molecule has 0 bridgehead atoms. The summed E-state index contributed by atoms with van der Waals surface area (Å²) >= 11 is 1.54. The topological polar surface area (TPSA) is 95.1 Å². The van der Waals surface area contributed by atoms with Crippen molar-refractivity contribution >= 4 is 23.2 Å². The van der Waals surface area contributed by atoms with Gasteiger partial charge in [0.25, 0.3) is 5.91 Å². The number of carboxylic acids is 1. The summed E-state index contributed by atoms with van der Waals surface area (Å²) in [5.41, 5.74) is 1.98. The van der Waals surface area contributed by atoms with E-state index in [4.69, 9.17) is 5.11 Å². The van der Waals surface area contributed by atoms with Crippen LogP contribution in [0, 0.1) is 12.8 Å². The fraction of sp³-hybridized carbons (Fsp3) is 0.357. The van der Waals surface area contributed by atoms with Crippen LogP contribution in [0.5, 0.6) is 0 Å². The van der Waals surface area contributed by atoms with Crippen molar-refractivity contribution in [3.63, 3.8) is 0 Å². The summed E-state index contributed by atoms with van der Waals surface area (Å²) < 4.78 is 0. The number of nitrogens with zero attached hydrogens (tertiary/aromatic N) is 1. The van der Waals surface area contributed by atoms with Crippen molar-refractivity contribution in [1.82, 2.24) is 15.3 Å². The summed E-state index contributed by atoms with van der Waals surface area (Å²) in [6.07, 6.45) is 3.41. The van der Waals surface area contributed by atoms with E-state index in [1.807, 2.05) is 12.3 Å². The van der Waals surface area contributed by atoms with Gasteiger partial charge in [0.1, 0.15) is 11.7 Å². The number of nitrogens with one attached hydrogen (secondary N) is 2. The quantitative estimate of drug-likeness (QED) is 0.787. The van der Waals surface area contributed by atoms with Crippen LogP contribution in [0.25, 0.3) is 11.3 Å². The average molecular weight is 305 g/mol. The van der Waals surface area contributed by atoms with Gasteiger partial charge >= 0.3 is 5.97 Å². The number of aryl methyl sites for hydroxylation is 1. The van der Waals surface area contributed by atoms with E-state index in [2.05, 4.69) is 15.3 Å². The first-order valence-electron chi connectivity index (χ1n) is 6.69. The van der Waals surface area contributed by atoms with Crippen molar-refractivity contribution in [2.45, 2.75) is 25.8 Å². The highest BCUT2D eigenvalue weighted by molar-refractivity contribution is 7.09. The van der Waals surface area contributed by atoms with Crippen LogP contribution >= 0.6 is 11.3 Å². The Morgan fingerprint density at radius 1 is 1.52 bits per heavy atom. The summed E-state index contributed by atoms with van der Waals surface area (Å²) in [5.74, 6) is -1.32. The van der Waals surface area contributed by atoms with Gasteiger partial charge in [0.2, 0.25) is 0 Å². The highest BCUT2D eigenvalue weighted by Crippen LogP contribution is 2.33. The molecule has 1 saturated carbocycles. The first-order valence-corrected chi connectivity index (χ1v) is 7.57. The number of carbonyl (C=O) groups excluding carboxylic acids is 1. The molecule has 110 valence electrons. The lowest BCUT2D eigenvalue weighted by Gasteiger charge is -2.12. The maximum atomic E-state index is 12.1. The van der Waals surface area contributed by atoms with E-state index in [9.17, 15) is 9.59 Å². The molecule has 0 spiro atoms. The molecule has 6 nitrogen and oxygen atoms in total. The number of aliphatic carboxylic acids is 1. The SMILES string of the molecule is Cc1nc(-c2c[nH]c(C(=O)NC(C(=O)O)C3CC3)c2)cs1. The number of rotatable bonds is 5. The summed E-state index contributed by atoms with van der Waals surface area (Å²) in [4.78, 5) is 30.5. The number of thiazole rings is 1. The standard InChI is InChI=1S/C14H15N3O3S/c1-7-16-11(6-21-7)9-4-10(15-5-9)13(18)17-12(14(19)20)8-2-3-8/h4-6,8,12,15H,2-3H2,1H3,(H,17,18)(H,19,20). The third-order valence-corrected chi connectivity index (χ3v) is 4.26. The molecule has 0 aromatic carbocycles. The molecule has 7 heteroatoms. The van der Waals surface area contributed by atoms with Crippen LogP contribution in [0.2, 0.25) is 0 Å². The molecular weight excluding hydrogens is 290 g/mol. The summed E-state index contributed by atoms with van der Waals surface area (Å²) in [6, 6.07) is 0.890. The molecule has 3 rings (SSSR count). The molecule has 0 saturated heterocycles. The second kappa shape index (κ2) is 5.33. The number of hydrogen-bond acceptors (Lipinski definition) is 4. The minimum Gasteiger partial charge on any atom is -0.480 e. The van der Waals surface area contributed by atoms with Gasteiger partial charge in [-0.05, 0) is 31.7 Å². The molecule has 1 atom stereocenters. The third-order valence-electron chi connectivity index (χ3n) is 3.49. The maximum Gasteiger partial charge on any atom is 0.326 e. The summed E-state index contributed by atoms with van der Waals surface area (Å²) in [7, 11) is 0. The Kier molecular flexibility index (Phi) is 3.50. The van der Waals surface area contributed by atoms with Gasteiger partial charge in [-0.3, -0.25) is 4.79 Å². The molecule has 3 N–H and O–H groups in total. The van der Waals surface area contributed by atoms with Gasteiger partial charge < -0.3 is 15.4 Å². The van der Waals surface area contributed by atoms with Crippen LogP contribution in [0.4, 0.5) is 0 Å². The molecule has 0 aliphatic heterocycles. The van der Waals surface area contributed by atoms with Gasteiger partial charge in [0.05, 0.1) is 10.7 Å². The van der Waals surface area contributed by atoms with Gasteiger partial charge in [-0.15, -0.1) is 11.3 Å². The molecule has 1 fully saturated rings. The van der Waals surface area contributed by atoms with E-state index in [1.54, 1.807) is 23.6 Å². The van der Waals surface area contributed by atoms with Crippen LogP contribution in [0.3, 0.4) is 0 Å². The highest BCUT2D eigenvalue weighted by atomic mass is 32.1. The molecular formula is C14H15N3O3S. The molecule has 1 aliphatic rings. The van der Waals surface area contributed by atoms with Gasteiger partial charge in [-0.2, -0.15) is 0 Å². The zero-order valence-electron chi connectivity index (χ0n) is 11.4. The van der Waals surface area contributed by atoms with Crippen molar-refractivity contribution in [2.75, 3.05) is 0 Å². The molecule has 2 aromatic rings. The van der Waals surface area contributed by atoms with Gasteiger partial charge in [0.15, 0.2) is 0 Å². The van der Waals surface area contributed by atoms with Gasteiger partial charge in [0, 0.05) is 17.1 Å². The summed E-state index contributed by atoms with van der Waals surface area (Å²) in [5, 5.41) is 14.6. The number of aromatic nitrogens is 2.